The number of ether oxygens (including phenoxy) is 1. The quantitative estimate of drug-likeness (QED) is 0.689. The third-order valence-corrected chi connectivity index (χ3v) is 3.14. The molecule has 2 heterocycles. The Bertz CT molecular complexity index is 304. The Labute approximate surface area is 90.5 Å². The molecule has 0 unspecified atom stereocenters. The third kappa shape index (κ3) is 2.06. The van der Waals surface area contributed by atoms with E-state index >= 15 is 0 Å². The number of carbonyl (C=O) groups is 3. The summed E-state index contributed by atoms with van der Waals surface area (Å²) in [6, 6.07) is 0. The molecule has 7 heteroatoms. The highest BCUT2D eigenvalue weighted by Gasteiger charge is 2.31. The van der Waals surface area contributed by atoms with Crippen molar-refractivity contribution in [2.45, 2.75) is 0 Å². The molecular formula is C8H10N2O4S. The zero-order valence-electron chi connectivity index (χ0n) is 7.97. The van der Waals surface area contributed by atoms with Gasteiger partial charge in [-0.15, -0.1) is 0 Å². The molecule has 2 saturated heterocycles. The summed E-state index contributed by atoms with van der Waals surface area (Å²) in [5.74, 6) is 0.0288. The van der Waals surface area contributed by atoms with Crippen LogP contribution in [-0.2, 0) is 9.53 Å². The monoisotopic (exact) mass is 230 g/mol. The van der Waals surface area contributed by atoms with Crippen LogP contribution >= 0.6 is 11.8 Å². The SMILES string of the molecule is O=C1OCCN1CCN1C(=O)CSC1=O. The first-order chi connectivity index (χ1) is 7.18. The second-order valence-electron chi connectivity index (χ2n) is 3.20. The van der Waals surface area contributed by atoms with E-state index in [9.17, 15) is 14.4 Å². The van der Waals surface area contributed by atoms with Crippen molar-refractivity contribution in [2.75, 3.05) is 32.0 Å². The van der Waals surface area contributed by atoms with Crippen LogP contribution in [0.15, 0.2) is 0 Å². The summed E-state index contributed by atoms with van der Waals surface area (Å²) in [7, 11) is 0. The summed E-state index contributed by atoms with van der Waals surface area (Å²) in [6.45, 7) is 1.54. The van der Waals surface area contributed by atoms with Crippen molar-refractivity contribution in [1.82, 2.24) is 9.80 Å². The Kier molecular flexibility index (Phi) is 2.81. The Morgan fingerprint density at radius 2 is 2.07 bits per heavy atom. The van der Waals surface area contributed by atoms with Crippen LogP contribution in [0.5, 0.6) is 0 Å². The zero-order chi connectivity index (χ0) is 10.8. The molecule has 0 spiro atoms. The first-order valence-corrected chi connectivity index (χ1v) is 5.56. The first-order valence-electron chi connectivity index (χ1n) is 4.57. The van der Waals surface area contributed by atoms with Crippen molar-refractivity contribution in [3.8, 4) is 0 Å². The largest absolute Gasteiger partial charge is 0.448 e. The maximum absolute atomic E-state index is 11.2. The zero-order valence-corrected chi connectivity index (χ0v) is 8.79. The van der Waals surface area contributed by atoms with Crippen LogP contribution in [0.25, 0.3) is 0 Å². The van der Waals surface area contributed by atoms with Crippen molar-refractivity contribution >= 4 is 29.0 Å². The molecule has 2 fully saturated rings. The maximum Gasteiger partial charge on any atom is 0.410 e. The van der Waals surface area contributed by atoms with E-state index in [0.717, 1.165) is 11.8 Å². The van der Waals surface area contributed by atoms with Crippen LogP contribution in [0.2, 0.25) is 0 Å². The minimum atomic E-state index is -0.373. The lowest BCUT2D eigenvalue weighted by molar-refractivity contribution is -0.124. The molecule has 0 atom stereocenters. The second kappa shape index (κ2) is 4.09. The summed E-state index contributed by atoms with van der Waals surface area (Å²) < 4.78 is 4.73. The predicted molar refractivity (Wildman–Crippen MR) is 52.5 cm³/mol. The summed E-state index contributed by atoms with van der Waals surface area (Å²) in [5.41, 5.74) is 0. The van der Waals surface area contributed by atoms with Gasteiger partial charge in [0, 0.05) is 13.1 Å². The molecule has 0 N–H and O–H groups in total. The van der Waals surface area contributed by atoms with Gasteiger partial charge in [0.25, 0.3) is 5.24 Å². The number of nitrogens with zero attached hydrogens (tertiary/aromatic N) is 2. The number of cyclic esters (lactones) is 1. The molecule has 6 nitrogen and oxygen atoms in total. The summed E-state index contributed by atoms with van der Waals surface area (Å²) >= 11 is 1.000. The number of carbonyl (C=O) groups excluding carboxylic acids is 3. The Morgan fingerprint density at radius 3 is 2.60 bits per heavy atom. The highest BCUT2D eigenvalue weighted by Crippen LogP contribution is 2.18. The van der Waals surface area contributed by atoms with Gasteiger partial charge < -0.3 is 9.64 Å². The number of hydrogen-bond donors (Lipinski definition) is 0. The minimum absolute atomic E-state index is 0.183. The fourth-order valence-electron chi connectivity index (χ4n) is 1.45. The van der Waals surface area contributed by atoms with Gasteiger partial charge in [-0.3, -0.25) is 14.5 Å². The lowest BCUT2D eigenvalue weighted by atomic mass is 10.4. The fraction of sp³-hybridized carbons (Fsp3) is 0.625. The van der Waals surface area contributed by atoms with Crippen LogP contribution in [0.4, 0.5) is 9.59 Å². The van der Waals surface area contributed by atoms with Crippen LogP contribution in [0, 0.1) is 0 Å². The minimum Gasteiger partial charge on any atom is -0.448 e. The average Bonchev–Trinajstić information content (AvgIpc) is 2.73. The van der Waals surface area contributed by atoms with Crippen molar-refractivity contribution in [1.29, 1.82) is 0 Å². The molecule has 2 rings (SSSR count). The molecule has 2 aliphatic rings. The molecule has 3 amide bonds. The smallest absolute Gasteiger partial charge is 0.410 e. The van der Waals surface area contributed by atoms with Crippen molar-refractivity contribution in [2.24, 2.45) is 0 Å². The van der Waals surface area contributed by atoms with Crippen molar-refractivity contribution < 1.29 is 19.1 Å². The number of rotatable bonds is 3. The van der Waals surface area contributed by atoms with E-state index in [2.05, 4.69) is 0 Å². The van der Waals surface area contributed by atoms with E-state index < -0.39 is 0 Å². The van der Waals surface area contributed by atoms with E-state index in [1.54, 1.807) is 0 Å². The van der Waals surface area contributed by atoms with E-state index in [1.807, 2.05) is 0 Å². The molecule has 2 aliphatic heterocycles. The third-order valence-electron chi connectivity index (χ3n) is 2.28. The number of amides is 3. The van der Waals surface area contributed by atoms with Gasteiger partial charge in [0.15, 0.2) is 0 Å². The molecular weight excluding hydrogens is 220 g/mol. The van der Waals surface area contributed by atoms with Crippen LogP contribution in [-0.4, -0.2) is 59.0 Å². The van der Waals surface area contributed by atoms with E-state index in [4.69, 9.17) is 4.74 Å². The lowest BCUT2D eigenvalue weighted by Crippen LogP contribution is -2.38. The number of imide groups is 1. The van der Waals surface area contributed by atoms with E-state index in [1.165, 1.54) is 9.80 Å². The normalized spacial score (nSPS) is 21.5. The van der Waals surface area contributed by atoms with E-state index in [0.29, 0.717) is 19.7 Å². The molecule has 0 aromatic carbocycles. The van der Waals surface area contributed by atoms with Crippen LogP contribution in [0.3, 0.4) is 0 Å². The molecule has 82 valence electrons. The summed E-state index contributed by atoms with van der Waals surface area (Å²) in [5, 5.41) is -0.229. The maximum atomic E-state index is 11.2. The van der Waals surface area contributed by atoms with Gasteiger partial charge in [-0.1, -0.05) is 11.8 Å². The molecule has 0 aromatic heterocycles. The highest BCUT2D eigenvalue weighted by molar-refractivity contribution is 8.14. The van der Waals surface area contributed by atoms with Crippen LogP contribution < -0.4 is 0 Å². The second-order valence-corrected chi connectivity index (χ2v) is 4.13. The first kappa shape index (κ1) is 10.3. The summed E-state index contributed by atoms with van der Waals surface area (Å²) in [6.07, 6.45) is -0.373. The van der Waals surface area contributed by atoms with Gasteiger partial charge in [0.05, 0.1) is 12.3 Å². The van der Waals surface area contributed by atoms with Crippen molar-refractivity contribution in [3.05, 3.63) is 0 Å². The average molecular weight is 230 g/mol. The molecule has 0 aliphatic carbocycles. The molecule has 0 saturated carbocycles. The Hall–Kier alpha value is -1.24. The van der Waals surface area contributed by atoms with Gasteiger partial charge >= 0.3 is 6.09 Å². The fourth-order valence-corrected chi connectivity index (χ4v) is 2.20. The van der Waals surface area contributed by atoms with Gasteiger partial charge in [-0.25, -0.2) is 4.79 Å². The molecule has 0 aromatic rings. The van der Waals surface area contributed by atoms with Gasteiger partial charge in [-0.05, 0) is 0 Å². The van der Waals surface area contributed by atoms with E-state index in [-0.39, 0.29) is 29.5 Å². The summed E-state index contributed by atoms with van der Waals surface area (Å²) in [4.78, 5) is 36.1. The van der Waals surface area contributed by atoms with Crippen molar-refractivity contribution in [3.63, 3.8) is 0 Å². The number of thioether (sulfide) groups is 1. The molecule has 15 heavy (non-hydrogen) atoms. The lowest BCUT2D eigenvalue weighted by Gasteiger charge is -2.17. The van der Waals surface area contributed by atoms with Crippen LogP contribution in [0.1, 0.15) is 0 Å². The predicted octanol–water partition coefficient (Wildman–Crippen LogP) is 0.134. The van der Waals surface area contributed by atoms with Gasteiger partial charge in [-0.2, -0.15) is 0 Å². The Balaban J connectivity index is 1.84. The van der Waals surface area contributed by atoms with Gasteiger partial charge in [0.2, 0.25) is 5.91 Å². The molecule has 0 bridgehead atoms. The topological polar surface area (TPSA) is 66.9 Å². The van der Waals surface area contributed by atoms with Gasteiger partial charge in [0.1, 0.15) is 6.61 Å². The standard InChI is InChI=1S/C8H10N2O4S/c11-6-5-15-8(13)10(6)2-1-9-3-4-14-7(9)12/h1-5H2. The highest BCUT2D eigenvalue weighted by atomic mass is 32.2. The number of hydrogen-bond acceptors (Lipinski definition) is 5. The molecule has 0 radical (unpaired) electrons. The Morgan fingerprint density at radius 1 is 1.27 bits per heavy atom.